The molecular formula is C10H15BrO. The third kappa shape index (κ3) is 9.71. The van der Waals surface area contributed by atoms with Gasteiger partial charge in [-0.15, -0.1) is 5.92 Å². The van der Waals surface area contributed by atoms with Crippen LogP contribution >= 0.6 is 15.9 Å². The third-order valence-corrected chi connectivity index (χ3v) is 1.80. The topological polar surface area (TPSA) is 17.1 Å². The van der Waals surface area contributed by atoms with Gasteiger partial charge in [0.05, 0.1) is 5.33 Å². The molecule has 0 fully saturated rings. The van der Waals surface area contributed by atoms with Crippen LogP contribution in [0, 0.1) is 11.8 Å². The maximum absolute atomic E-state index is 10.5. The minimum absolute atomic E-state index is 0.293. The van der Waals surface area contributed by atoms with Crippen molar-refractivity contribution in [2.45, 2.75) is 39.0 Å². The van der Waals surface area contributed by atoms with Crippen molar-refractivity contribution in [3.05, 3.63) is 0 Å². The highest BCUT2D eigenvalue weighted by molar-refractivity contribution is 9.09. The summed E-state index contributed by atoms with van der Waals surface area (Å²) in [6, 6.07) is 0. The van der Waals surface area contributed by atoms with Crippen LogP contribution in [-0.4, -0.2) is 11.1 Å². The first kappa shape index (κ1) is 11.7. The molecule has 12 heavy (non-hydrogen) atoms. The summed E-state index contributed by atoms with van der Waals surface area (Å²) in [7, 11) is 0. The van der Waals surface area contributed by atoms with Crippen LogP contribution < -0.4 is 0 Å². The molecule has 0 unspecified atom stereocenters. The van der Waals surface area contributed by atoms with E-state index >= 15 is 0 Å². The van der Waals surface area contributed by atoms with Crippen molar-refractivity contribution >= 4 is 21.7 Å². The number of carbonyl (C=O) groups is 1. The van der Waals surface area contributed by atoms with Crippen LogP contribution in [0.5, 0.6) is 0 Å². The third-order valence-electron chi connectivity index (χ3n) is 1.52. The fourth-order valence-electron chi connectivity index (χ4n) is 0.900. The summed E-state index contributed by atoms with van der Waals surface area (Å²) in [6.45, 7) is 1.64. The van der Waals surface area contributed by atoms with E-state index in [1.54, 1.807) is 6.92 Å². The summed E-state index contributed by atoms with van der Waals surface area (Å²) < 4.78 is 0. The van der Waals surface area contributed by atoms with E-state index in [9.17, 15) is 4.79 Å². The van der Waals surface area contributed by atoms with E-state index in [0.29, 0.717) is 5.78 Å². The SMILES string of the molecule is CC(=O)CCCCCC#CCBr. The number of Topliss-reactive ketones (excluding diaryl/α,β-unsaturated/α-hetero) is 1. The lowest BCUT2D eigenvalue weighted by molar-refractivity contribution is -0.117. The van der Waals surface area contributed by atoms with Gasteiger partial charge in [0.15, 0.2) is 0 Å². The van der Waals surface area contributed by atoms with E-state index < -0.39 is 0 Å². The first-order chi connectivity index (χ1) is 5.77. The quantitative estimate of drug-likeness (QED) is 0.404. The second-order valence-electron chi connectivity index (χ2n) is 2.75. The molecule has 0 spiro atoms. The number of halogens is 1. The monoisotopic (exact) mass is 230 g/mol. The van der Waals surface area contributed by atoms with E-state index in [1.165, 1.54) is 0 Å². The molecule has 0 bridgehead atoms. The molecule has 0 radical (unpaired) electrons. The van der Waals surface area contributed by atoms with E-state index in [1.807, 2.05) is 0 Å². The highest BCUT2D eigenvalue weighted by Gasteiger charge is 1.92. The Morgan fingerprint density at radius 3 is 2.58 bits per heavy atom. The zero-order valence-corrected chi connectivity index (χ0v) is 9.11. The number of hydrogen-bond acceptors (Lipinski definition) is 1. The summed E-state index contributed by atoms with van der Waals surface area (Å²) in [5.41, 5.74) is 0. The maximum atomic E-state index is 10.5. The molecule has 0 N–H and O–H groups in total. The van der Waals surface area contributed by atoms with Crippen molar-refractivity contribution in [1.29, 1.82) is 0 Å². The van der Waals surface area contributed by atoms with Crippen molar-refractivity contribution in [3.8, 4) is 11.8 Å². The number of ketones is 1. The average Bonchev–Trinajstić information content (AvgIpc) is 2.02. The Bertz CT molecular complexity index is 176. The number of hydrogen-bond donors (Lipinski definition) is 0. The zero-order valence-electron chi connectivity index (χ0n) is 7.53. The summed E-state index contributed by atoms with van der Waals surface area (Å²) in [6.07, 6.45) is 4.95. The van der Waals surface area contributed by atoms with Crippen molar-refractivity contribution in [2.75, 3.05) is 5.33 Å². The molecule has 0 aliphatic heterocycles. The molecule has 0 amide bonds. The van der Waals surface area contributed by atoms with Crippen molar-refractivity contribution in [3.63, 3.8) is 0 Å². The lowest BCUT2D eigenvalue weighted by Gasteiger charge is -1.93. The fraction of sp³-hybridized carbons (Fsp3) is 0.700. The lowest BCUT2D eigenvalue weighted by atomic mass is 10.1. The van der Waals surface area contributed by atoms with Crippen LogP contribution in [0.4, 0.5) is 0 Å². The molecule has 0 aliphatic carbocycles. The second-order valence-corrected chi connectivity index (χ2v) is 3.31. The summed E-state index contributed by atoms with van der Waals surface area (Å²) in [5.74, 6) is 6.28. The summed E-state index contributed by atoms with van der Waals surface area (Å²) in [4.78, 5) is 10.5. The van der Waals surface area contributed by atoms with Crippen LogP contribution in [-0.2, 0) is 4.79 Å². The van der Waals surface area contributed by atoms with Crippen molar-refractivity contribution in [2.24, 2.45) is 0 Å². The molecule has 0 saturated carbocycles. The highest BCUT2D eigenvalue weighted by Crippen LogP contribution is 2.02. The second kappa shape index (κ2) is 8.80. The van der Waals surface area contributed by atoms with Crippen LogP contribution in [0.25, 0.3) is 0 Å². The Morgan fingerprint density at radius 2 is 2.00 bits per heavy atom. The molecule has 0 heterocycles. The first-order valence-corrected chi connectivity index (χ1v) is 5.40. The molecule has 1 nitrogen and oxygen atoms in total. The fourth-order valence-corrected chi connectivity index (χ4v) is 1.10. The molecule has 0 atom stereocenters. The Morgan fingerprint density at radius 1 is 1.25 bits per heavy atom. The van der Waals surface area contributed by atoms with Gasteiger partial charge in [-0.1, -0.05) is 28.3 Å². The minimum atomic E-state index is 0.293. The standard InChI is InChI=1S/C10H15BrO/c1-10(12)8-6-4-2-3-5-7-9-11/h2-4,6,8-9H2,1H3. The normalized spacial score (nSPS) is 8.83. The minimum Gasteiger partial charge on any atom is -0.300 e. The van der Waals surface area contributed by atoms with Crippen molar-refractivity contribution < 1.29 is 4.79 Å². The maximum Gasteiger partial charge on any atom is 0.129 e. The highest BCUT2D eigenvalue weighted by atomic mass is 79.9. The molecule has 0 aromatic heterocycles. The van der Waals surface area contributed by atoms with Gasteiger partial charge < -0.3 is 4.79 Å². The average molecular weight is 231 g/mol. The van der Waals surface area contributed by atoms with Crippen LogP contribution in [0.3, 0.4) is 0 Å². The molecular weight excluding hydrogens is 216 g/mol. The van der Waals surface area contributed by atoms with Gasteiger partial charge in [-0.25, -0.2) is 0 Å². The summed E-state index contributed by atoms with van der Waals surface area (Å²) >= 11 is 3.23. The molecule has 0 aromatic carbocycles. The van der Waals surface area contributed by atoms with E-state index in [0.717, 1.165) is 37.4 Å². The van der Waals surface area contributed by atoms with Gasteiger partial charge >= 0.3 is 0 Å². The van der Waals surface area contributed by atoms with Gasteiger partial charge in [-0.2, -0.15) is 0 Å². The lowest BCUT2D eigenvalue weighted by Crippen LogP contribution is -1.88. The number of rotatable bonds is 5. The Hall–Kier alpha value is -0.290. The molecule has 0 aromatic rings. The van der Waals surface area contributed by atoms with E-state index in [2.05, 4.69) is 27.8 Å². The van der Waals surface area contributed by atoms with Gasteiger partial charge in [0.1, 0.15) is 5.78 Å². The summed E-state index contributed by atoms with van der Waals surface area (Å²) in [5, 5.41) is 0.764. The largest absolute Gasteiger partial charge is 0.300 e. The van der Waals surface area contributed by atoms with Crippen LogP contribution in [0.15, 0.2) is 0 Å². The van der Waals surface area contributed by atoms with Gasteiger partial charge in [-0.05, 0) is 19.8 Å². The number of alkyl halides is 1. The van der Waals surface area contributed by atoms with Gasteiger partial charge in [-0.3, -0.25) is 0 Å². The number of carbonyl (C=O) groups excluding carboxylic acids is 1. The molecule has 0 saturated heterocycles. The van der Waals surface area contributed by atoms with E-state index in [4.69, 9.17) is 0 Å². The van der Waals surface area contributed by atoms with Crippen molar-refractivity contribution in [1.82, 2.24) is 0 Å². The number of unbranched alkanes of at least 4 members (excludes halogenated alkanes) is 3. The first-order valence-electron chi connectivity index (χ1n) is 4.28. The Balaban J connectivity index is 3.06. The predicted molar refractivity (Wildman–Crippen MR) is 55.3 cm³/mol. The Labute approximate surface area is 83.1 Å². The molecule has 68 valence electrons. The predicted octanol–water partition coefficient (Wildman–Crippen LogP) is 2.92. The Kier molecular flexibility index (Phi) is 8.59. The van der Waals surface area contributed by atoms with E-state index in [-0.39, 0.29) is 0 Å². The molecule has 0 aliphatic rings. The van der Waals surface area contributed by atoms with Crippen LogP contribution in [0.1, 0.15) is 39.0 Å². The molecule has 2 heteroatoms. The smallest absolute Gasteiger partial charge is 0.129 e. The van der Waals surface area contributed by atoms with Crippen LogP contribution in [0.2, 0.25) is 0 Å². The molecule has 0 rings (SSSR count). The van der Waals surface area contributed by atoms with Gasteiger partial charge in [0.2, 0.25) is 0 Å². The van der Waals surface area contributed by atoms with Gasteiger partial charge in [0.25, 0.3) is 0 Å². The zero-order chi connectivity index (χ0) is 9.23. The van der Waals surface area contributed by atoms with Gasteiger partial charge in [0, 0.05) is 12.8 Å².